The number of rotatable bonds is 7. The number of ether oxygens (including phenoxy) is 3. The molecule has 8 heteroatoms. The van der Waals surface area contributed by atoms with Crippen LogP contribution in [0.1, 0.15) is 5.56 Å². The molecule has 0 radical (unpaired) electrons. The summed E-state index contributed by atoms with van der Waals surface area (Å²) in [6.07, 6.45) is 1.64. The quantitative estimate of drug-likeness (QED) is 0.708. The largest absolute Gasteiger partial charge is 0.497 e. The van der Waals surface area contributed by atoms with Crippen LogP contribution in [-0.4, -0.2) is 44.0 Å². The van der Waals surface area contributed by atoms with Crippen LogP contribution in [-0.2, 0) is 4.79 Å². The number of anilines is 1. The molecule has 1 aliphatic heterocycles. The van der Waals surface area contributed by atoms with Crippen molar-refractivity contribution in [2.45, 2.75) is 0 Å². The second kappa shape index (κ2) is 8.71. The molecule has 0 spiro atoms. The highest BCUT2D eigenvalue weighted by atomic mass is 32.2. The van der Waals surface area contributed by atoms with Crippen molar-refractivity contribution in [1.29, 1.82) is 0 Å². The average Bonchev–Trinajstić information content (AvgIpc) is 2.99. The summed E-state index contributed by atoms with van der Waals surface area (Å²) in [5, 5.41) is 2.73. The van der Waals surface area contributed by atoms with E-state index >= 15 is 0 Å². The van der Waals surface area contributed by atoms with Gasteiger partial charge in [-0.25, -0.2) is 0 Å². The van der Waals surface area contributed by atoms with E-state index in [2.05, 4.69) is 5.32 Å². The maximum absolute atomic E-state index is 12.7. The van der Waals surface area contributed by atoms with E-state index < -0.39 is 0 Å². The van der Waals surface area contributed by atoms with E-state index in [-0.39, 0.29) is 17.8 Å². The lowest BCUT2D eigenvalue weighted by atomic mass is 10.1. The number of imide groups is 1. The maximum Gasteiger partial charge on any atom is 0.295 e. The molecular formula is C20H20N2O5S. The molecule has 0 aromatic heterocycles. The van der Waals surface area contributed by atoms with E-state index in [1.165, 1.54) is 0 Å². The first-order valence-electron chi connectivity index (χ1n) is 8.41. The van der Waals surface area contributed by atoms with Crippen LogP contribution in [0.2, 0.25) is 0 Å². The van der Waals surface area contributed by atoms with Gasteiger partial charge in [0.25, 0.3) is 11.1 Å². The Kier molecular flexibility index (Phi) is 6.10. The Morgan fingerprint density at radius 1 is 0.964 bits per heavy atom. The van der Waals surface area contributed by atoms with Gasteiger partial charge in [0.1, 0.15) is 17.2 Å². The fourth-order valence-electron chi connectivity index (χ4n) is 2.61. The third-order valence-electron chi connectivity index (χ3n) is 4.13. The Morgan fingerprint density at radius 3 is 2.29 bits per heavy atom. The lowest BCUT2D eigenvalue weighted by molar-refractivity contribution is -0.122. The van der Waals surface area contributed by atoms with Crippen LogP contribution in [0.5, 0.6) is 17.2 Å². The number of nitrogens with one attached hydrogen (secondary N) is 1. The molecule has 1 saturated heterocycles. The van der Waals surface area contributed by atoms with E-state index in [0.717, 1.165) is 28.1 Å². The van der Waals surface area contributed by atoms with Crippen LogP contribution in [0, 0.1) is 0 Å². The Morgan fingerprint density at radius 2 is 1.64 bits per heavy atom. The fraction of sp³-hybridized carbons (Fsp3) is 0.200. The summed E-state index contributed by atoms with van der Waals surface area (Å²) in [5.41, 5.74) is 1.44. The summed E-state index contributed by atoms with van der Waals surface area (Å²) in [7, 11) is 4.69. The van der Waals surface area contributed by atoms with Crippen molar-refractivity contribution in [2.75, 3.05) is 33.3 Å². The van der Waals surface area contributed by atoms with Crippen molar-refractivity contribution in [3.63, 3.8) is 0 Å². The van der Waals surface area contributed by atoms with Gasteiger partial charge in [-0.05, 0) is 60.3 Å². The first-order chi connectivity index (χ1) is 13.5. The summed E-state index contributed by atoms with van der Waals surface area (Å²) in [6, 6.07) is 12.5. The van der Waals surface area contributed by atoms with Gasteiger partial charge in [0.05, 0.1) is 32.9 Å². The molecule has 0 atom stereocenters. The van der Waals surface area contributed by atoms with Gasteiger partial charge in [0.15, 0.2) is 0 Å². The zero-order chi connectivity index (χ0) is 20.1. The van der Waals surface area contributed by atoms with Crippen LogP contribution in [0.25, 0.3) is 6.08 Å². The van der Waals surface area contributed by atoms with Gasteiger partial charge >= 0.3 is 0 Å². The summed E-state index contributed by atoms with van der Waals surface area (Å²) >= 11 is 0.893. The molecule has 0 saturated carbocycles. The highest BCUT2D eigenvalue weighted by molar-refractivity contribution is 8.18. The van der Waals surface area contributed by atoms with Gasteiger partial charge in [-0.3, -0.25) is 14.5 Å². The Hall–Kier alpha value is -3.13. The van der Waals surface area contributed by atoms with Crippen LogP contribution in [0.4, 0.5) is 10.5 Å². The molecule has 0 unspecified atom stereocenters. The van der Waals surface area contributed by atoms with Crippen LogP contribution >= 0.6 is 11.8 Å². The van der Waals surface area contributed by atoms with Crippen molar-refractivity contribution in [2.24, 2.45) is 0 Å². The molecule has 0 aliphatic carbocycles. The van der Waals surface area contributed by atoms with E-state index in [1.54, 1.807) is 57.7 Å². The minimum Gasteiger partial charge on any atom is -0.497 e. The fourth-order valence-corrected chi connectivity index (χ4v) is 3.44. The number of carbonyl (C=O) groups excluding carboxylic acids is 2. The van der Waals surface area contributed by atoms with Crippen LogP contribution in [0.15, 0.2) is 47.4 Å². The zero-order valence-electron chi connectivity index (χ0n) is 15.7. The first-order valence-corrected chi connectivity index (χ1v) is 9.22. The number of benzene rings is 2. The smallest absolute Gasteiger partial charge is 0.295 e. The third kappa shape index (κ3) is 4.23. The molecule has 1 aliphatic rings. The number of nitrogens with zero attached hydrogens (tertiary/aromatic N) is 1. The van der Waals surface area contributed by atoms with Gasteiger partial charge in [0, 0.05) is 11.3 Å². The van der Waals surface area contributed by atoms with E-state index in [0.29, 0.717) is 22.0 Å². The Balaban J connectivity index is 1.75. The van der Waals surface area contributed by atoms with Crippen LogP contribution < -0.4 is 19.5 Å². The summed E-state index contributed by atoms with van der Waals surface area (Å²) in [5.74, 6) is 1.59. The van der Waals surface area contributed by atoms with Gasteiger partial charge in [-0.2, -0.15) is 0 Å². The van der Waals surface area contributed by atoms with E-state index in [9.17, 15) is 9.59 Å². The number of amides is 2. The predicted molar refractivity (Wildman–Crippen MR) is 109 cm³/mol. The average molecular weight is 400 g/mol. The molecule has 1 fully saturated rings. The zero-order valence-corrected chi connectivity index (χ0v) is 16.5. The predicted octanol–water partition coefficient (Wildman–Crippen LogP) is 3.82. The standard InChI is InChI=1S/C20H20N2O5S/c1-25-15-6-4-14(5-7-15)21-12-22-19(23)18(28-20(22)24)11-13-10-16(26-2)8-9-17(13)27-3/h4-11,21H,12H2,1-3H3/b18-11+. The van der Waals surface area contributed by atoms with Crippen molar-refractivity contribution < 1.29 is 23.8 Å². The number of hydrogen-bond acceptors (Lipinski definition) is 7. The van der Waals surface area contributed by atoms with Gasteiger partial charge < -0.3 is 19.5 Å². The summed E-state index contributed by atoms with van der Waals surface area (Å²) in [6.45, 7) is 0.0730. The molecule has 1 N–H and O–H groups in total. The van der Waals surface area contributed by atoms with Crippen molar-refractivity contribution >= 4 is 34.7 Å². The molecule has 7 nitrogen and oxygen atoms in total. The third-order valence-corrected chi connectivity index (χ3v) is 5.04. The minimum atomic E-state index is -0.360. The molecule has 2 amide bonds. The molecule has 3 rings (SSSR count). The van der Waals surface area contributed by atoms with Gasteiger partial charge in [-0.15, -0.1) is 0 Å². The molecule has 0 bridgehead atoms. The molecule has 2 aromatic carbocycles. The summed E-state index contributed by atoms with van der Waals surface area (Å²) < 4.78 is 15.7. The van der Waals surface area contributed by atoms with Crippen LogP contribution in [0.3, 0.4) is 0 Å². The number of carbonyl (C=O) groups is 2. The Labute approximate surface area is 167 Å². The molecule has 146 valence electrons. The highest BCUT2D eigenvalue weighted by Gasteiger charge is 2.35. The topological polar surface area (TPSA) is 77.1 Å². The lowest BCUT2D eigenvalue weighted by Crippen LogP contribution is -2.33. The monoisotopic (exact) mass is 400 g/mol. The molecule has 28 heavy (non-hydrogen) atoms. The first kappa shape index (κ1) is 19.6. The Bertz CT molecular complexity index is 911. The highest BCUT2D eigenvalue weighted by Crippen LogP contribution is 2.35. The molecular weight excluding hydrogens is 380 g/mol. The van der Waals surface area contributed by atoms with Crippen molar-refractivity contribution in [1.82, 2.24) is 4.90 Å². The second-order valence-electron chi connectivity index (χ2n) is 5.78. The van der Waals surface area contributed by atoms with Crippen molar-refractivity contribution in [3.8, 4) is 17.2 Å². The van der Waals surface area contributed by atoms with Gasteiger partial charge in [0.2, 0.25) is 0 Å². The number of methoxy groups -OCH3 is 3. The van der Waals surface area contributed by atoms with E-state index in [1.807, 2.05) is 12.1 Å². The lowest BCUT2D eigenvalue weighted by Gasteiger charge is -2.14. The maximum atomic E-state index is 12.7. The number of thioether (sulfide) groups is 1. The number of hydrogen-bond donors (Lipinski definition) is 1. The normalized spacial score (nSPS) is 15.1. The van der Waals surface area contributed by atoms with Crippen molar-refractivity contribution in [3.05, 3.63) is 52.9 Å². The van der Waals surface area contributed by atoms with E-state index in [4.69, 9.17) is 14.2 Å². The van der Waals surface area contributed by atoms with Gasteiger partial charge in [-0.1, -0.05) is 0 Å². The summed E-state index contributed by atoms with van der Waals surface area (Å²) in [4.78, 5) is 26.5. The minimum absolute atomic E-state index is 0.0730. The molecule has 2 aromatic rings. The SMILES string of the molecule is COc1ccc(NCN2C(=O)S/C(=C/c3cc(OC)ccc3OC)C2=O)cc1. The second-order valence-corrected chi connectivity index (χ2v) is 6.77. The molecule has 1 heterocycles.